The maximum absolute atomic E-state index is 17.3. The molecule has 0 amide bonds. The van der Waals surface area contributed by atoms with Crippen molar-refractivity contribution >= 4 is 123 Å². The fraction of sp³-hybridized carbons (Fsp3) is 0.515. The Labute approximate surface area is 503 Å². The summed E-state index contributed by atoms with van der Waals surface area (Å²) in [5, 5.41) is 12.9. The predicted molar refractivity (Wildman–Crippen MR) is 355 cm³/mol. The van der Waals surface area contributed by atoms with Gasteiger partial charge in [-0.05, 0) is 118 Å². The molecule has 2 aromatic carbocycles. The van der Waals surface area contributed by atoms with E-state index in [9.17, 15) is 0 Å². The van der Waals surface area contributed by atoms with E-state index < -0.39 is 11.6 Å². The summed E-state index contributed by atoms with van der Waals surface area (Å²) in [6.07, 6.45) is 24.7. The number of thioether (sulfide) groups is 2. The minimum Gasteiger partial charge on any atom is -0.203 e. The highest BCUT2D eigenvalue weighted by Gasteiger charge is 2.30. The molecule has 79 heavy (non-hydrogen) atoms. The third-order valence-corrected chi connectivity index (χ3v) is 25.6. The van der Waals surface area contributed by atoms with Crippen molar-refractivity contribution in [1.82, 2.24) is 15.0 Å². The maximum Gasteiger partial charge on any atom is 0.170 e. The molecule has 7 aromatic heterocycles. The van der Waals surface area contributed by atoms with Crippen molar-refractivity contribution in [2.24, 2.45) is 17.8 Å². The maximum atomic E-state index is 17.3. The number of aromatic nitrogens is 3. The predicted octanol–water partition coefficient (Wildman–Crippen LogP) is 25.3. The number of fused-ring (bicyclic) bond motifs is 3. The first-order valence-electron chi connectivity index (χ1n) is 29.9. The van der Waals surface area contributed by atoms with Crippen LogP contribution in [0.1, 0.15) is 180 Å². The standard InChI is InChI=1S/C66H83F2N3S8/c1-9-15-19-21-22-24-28-46(27-23-20-16-10-2)39-71-69-63-59(52-30-29-42(7)74-52)61(67)62(68)60(64(63)70-71)53-32-31-49(76-53)54-38-48-58(51-34-36-56(78-51)73-41-45(14-6)26-18-12-4)65-47(37-43(8)75-65)57(66(48)79-54)50-33-35-55(77-50)72-40-44(13-5)25-17-11-3/h29-38,44-46H,9-28,39-41H2,1-8H3. The Morgan fingerprint density at radius 3 is 1.43 bits per heavy atom. The van der Waals surface area contributed by atoms with Gasteiger partial charge in [0, 0.05) is 81.8 Å². The minimum absolute atomic E-state index is 0.216. The molecule has 3 nitrogen and oxygen atoms in total. The van der Waals surface area contributed by atoms with Crippen LogP contribution in [-0.2, 0) is 6.54 Å². The van der Waals surface area contributed by atoms with Gasteiger partial charge in [0.25, 0.3) is 0 Å². The molecule has 3 unspecified atom stereocenters. The SMILES string of the molecule is CCCCCCCCC(CCCCCC)Cn1nc2c(-c3ccc(C)s3)c(F)c(F)c(-c3ccc(-c4cc5c(-c6ccc(SCC(CC)CCCC)s6)c6sc(C)cc6c(-c6ccc(SCC(CC)CCCC)s6)c5s4)s3)c2n1. The zero-order valence-corrected chi connectivity index (χ0v) is 54.7. The van der Waals surface area contributed by atoms with Gasteiger partial charge in [0.1, 0.15) is 11.0 Å². The van der Waals surface area contributed by atoms with Crippen LogP contribution in [0.5, 0.6) is 0 Å². The average Bonchev–Trinajstić information content (AvgIpc) is 4.52. The van der Waals surface area contributed by atoms with Gasteiger partial charge in [0.05, 0.1) is 26.1 Å². The highest BCUT2D eigenvalue weighted by molar-refractivity contribution is 8.01. The first-order chi connectivity index (χ1) is 38.5. The van der Waals surface area contributed by atoms with Gasteiger partial charge in [0.15, 0.2) is 11.6 Å². The van der Waals surface area contributed by atoms with Gasteiger partial charge in [-0.2, -0.15) is 15.0 Å². The number of thiophene rings is 6. The molecule has 0 N–H and O–H groups in total. The average molecular weight is 1210 g/mol. The van der Waals surface area contributed by atoms with Crippen molar-refractivity contribution in [2.45, 2.75) is 199 Å². The second-order valence-electron chi connectivity index (χ2n) is 22.1. The molecule has 9 aromatic rings. The van der Waals surface area contributed by atoms with E-state index in [4.69, 9.17) is 10.2 Å². The lowest BCUT2D eigenvalue weighted by atomic mass is 9.94. The molecule has 0 bridgehead atoms. The molecule has 9 rings (SSSR count). The van der Waals surface area contributed by atoms with E-state index in [1.54, 1.807) is 16.1 Å². The van der Waals surface area contributed by atoms with Crippen LogP contribution in [0.2, 0.25) is 0 Å². The van der Waals surface area contributed by atoms with Gasteiger partial charge in [-0.25, -0.2) is 8.78 Å². The highest BCUT2D eigenvalue weighted by Crippen LogP contribution is 2.55. The molecule has 0 aliphatic carbocycles. The van der Waals surface area contributed by atoms with Crippen LogP contribution in [0.4, 0.5) is 8.78 Å². The van der Waals surface area contributed by atoms with Gasteiger partial charge < -0.3 is 0 Å². The number of hydrogen-bond donors (Lipinski definition) is 0. The Hall–Kier alpha value is -2.88. The summed E-state index contributed by atoms with van der Waals surface area (Å²) >= 11 is 14.7. The fourth-order valence-electron chi connectivity index (χ4n) is 11.2. The topological polar surface area (TPSA) is 30.7 Å². The second-order valence-corrected chi connectivity index (χ2v) is 31.6. The largest absolute Gasteiger partial charge is 0.203 e. The summed E-state index contributed by atoms with van der Waals surface area (Å²) < 4.78 is 39.8. The number of hydrogen-bond acceptors (Lipinski definition) is 10. The second kappa shape index (κ2) is 29.6. The molecule has 3 atom stereocenters. The summed E-state index contributed by atoms with van der Waals surface area (Å²) in [4.78, 5) is 10.3. The Bertz CT molecular complexity index is 3250. The Kier molecular flexibility index (Phi) is 22.7. The molecule has 7 heterocycles. The van der Waals surface area contributed by atoms with Gasteiger partial charge in [-0.3, -0.25) is 0 Å². The normalized spacial score (nSPS) is 13.3. The smallest absolute Gasteiger partial charge is 0.170 e. The molecular formula is C66H83F2N3S8. The Morgan fingerprint density at radius 1 is 0.430 bits per heavy atom. The van der Waals surface area contributed by atoms with Crippen molar-refractivity contribution in [2.75, 3.05) is 11.5 Å². The van der Waals surface area contributed by atoms with Crippen LogP contribution >= 0.6 is 91.5 Å². The zero-order valence-electron chi connectivity index (χ0n) is 48.1. The molecule has 13 heteroatoms. The van der Waals surface area contributed by atoms with Crippen molar-refractivity contribution < 1.29 is 8.78 Å². The van der Waals surface area contributed by atoms with E-state index >= 15 is 8.78 Å². The van der Waals surface area contributed by atoms with E-state index in [1.807, 2.05) is 94.0 Å². The molecule has 0 aliphatic rings. The number of halogens is 2. The Balaban J connectivity index is 1.13. The molecular weight excluding hydrogens is 1130 g/mol. The van der Waals surface area contributed by atoms with E-state index in [0.717, 1.165) is 50.8 Å². The number of rotatable bonds is 33. The summed E-state index contributed by atoms with van der Waals surface area (Å²) in [5.41, 5.74) is 3.97. The first-order valence-corrected chi connectivity index (χ1v) is 36.8. The molecule has 0 spiro atoms. The van der Waals surface area contributed by atoms with Crippen LogP contribution in [0.25, 0.3) is 82.7 Å². The molecule has 0 saturated carbocycles. The first kappa shape index (κ1) is 60.7. The summed E-state index contributed by atoms with van der Waals surface area (Å²) in [6.45, 7) is 18.7. The number of nitrogens with zero attached hydrogens (tertiary/aromatic N) is 3. The monoisotopic (exact) mass is 1210 g/mol. The summed E-state index contributed by atoms with van der Waals surface area (Å²) in [7, 11) is 0. The third-order valence-electron chi connectivity index (χ3n) is 15.9. The number of benzene rings is 2. The van der Waals surface area contributed by atoms with Gasteiger partial charge in [0.2, 0.25) is 0 Å². The lowest BCUT2D eigenvalue weighted by molar-refractivity contribution is 0.327. The van der Waals surface area contributed by atoms with Gasteiger partial charge in [-0.1, -0.05) is 144 Å². The van der Waals surface area contributed by atoms with Crippen LogP contribution in [0, 0.1) is 43.2 Å². The van der Waals surface area contributed by atoms with Crippen molar-refractivity contribution in [3.05, 3.63) is 82.1 Å². The quantitative estimate of drug-likeness (QED) is 0.0303. The third kappa shape index (κ3) is 14.7. The van der Waals surface area contributed by atoms with E-state index in [1.165, 1.54) is 181 Å². The Morgan fingerprint density at radius 2 is 0.886 bits per heavy atom. The summed E-state index contributed by atoms with van der Waals surface area (Å²) in [6, 6.07) is 22.3. The molecule has 0 saturated heterocycles. The lowest BCUT2D eigenvalue weighted by Crippen LogP contribution is -2.14. The van der Waals surface area contributed by atoms with Crippen LogP contribution in [0.3, 0.4) is 0 Å². The van der Waals surface area contributed by atoms with Crippen LogP contribution in [-0.4, -0.2) is 26.5 Å². The van der Waals surface area contributed by atoms with Gasteiger partial charge in [-0.15, -0.1) is 91.5 Å². The van der Waals surface area contributed by atoms with E-state index in [2.05, 4.69) is 90.9 Å². The van der Waals surface area contributed by atoms with Crippen molar-refractivity contribution in [3.8, 4) is 51.5 Å². The van der Waals surface area contributed by atoms with Crippen LogP contribution in [0.15, 0.2) is 69.1 Å². The van der Waals surface area contributed by atoms with E-state index in [-0.39, 0.29) is 11.1 Å². The van der Waals surface area contributed by atoms with Crippen molar-refractivity contribution in [3.63, 3.8) is 0 Å². The van der Waals surface area contributed by atoms with Crippen LogP contribution < -0.4 is 0 Å². The summed E-state index contributed by atoms with van der Waals surface area (Å²) in [5.74, 6) is 2.47. The van der Waals surface area contributed by atoms with E-state index in [0.29, 0.717) is 33.3 Å². The number of aryl methyl sites for hydroxylation is 2. The van der Waals surface area contributed by atoms with Crippen molar-refractivity contribution in [1.29, 1.82) is 0 Å². The molecule has 0 fully saturated rings. The molecule has 0 aliphatic heterocycles. The molecule has 424 valence electrons. The zero-order chi connectivity index (χ0) is 55.4. The molecule has 0 radical (unpaired) electrons. The fourth-order valence-corrected chi connectivity index (χ4v) is 20.7. The highest BCUT2D eigenvalue weighted by atomic mass is 32.2. The number of unbranched alkanes of at least 4 members (excludes halogenated alkanes) is 10. The lowest BCUT2D eigenvalue weighted by Gasteiger charge is -2.16. The minimum atomic E-state index is -0.849. The van der Waals surface area contributed by atoms with Gasteiger partial charge >= 0.3 is 0 Å².